The number of hydrogen-bond donors (Lipinski definition) is 1. The van der Waals surface area contributed by atoms with Gasteiger partial charge in [-0.3, -0.25) is 4.90 Å². The Balaban J connectivity index is 1.77. The second kappa shape index (κ2) is 5.38. The third-order valence-electron chi connectivity index (χ3n) is 4.69. The normalized spacial score (nSPS) is 24.9. The monoisotopic (exact) mass is 280 g/mol. The number of nitrogens with two attached hydrogens (primary N) is 1. The van der Waals surface area contributed by atoms with E-state index in [0.29, 0.717) is 10.7 Å². The van der Waals surface area contributed by atoms with E-state index in [9.17, 15) is 0 Å². The van der Waals surface area contributed by atoms with Gasteiger partial charge in [-0.05, 0) is 19.9 Å². The molecule has 3 rings (SSSR count). The maximum Gasteiger partial charge on any atom is 0.180 e. The van der Waals surface area contributed by atoms with Crippen LogP contribution in [0.1, 0.15) is 37.0 Å². The van der Waals surface area contributed by atoms with Gasteiger partial charge in [0.25, 0.3) is 0 Å². The van der Waals surface area contributed by atoms with E-state index in [2.05, 4.69) is 21.8 Å². The lowest BCUT2D eigenvalue weighted by molar-refractivity contribution is -0.0232. The van der Waals surface area contributed by atoms with Gasteiger partial charge in [-0.15, -0.1) is 11.3 Å². The number of rotatable bonds is 2. The molecule has 1 aliphatic carbocycles. The molecule has 4 nitrogen and oxygen atoms in total. The first-order valence-corrected chi connectivity index (χ1v) is 8.13. The third kappa shape index (κ3) is 2.78. The molecule has 19 heavy (non-hydrogen) atoms. The zero-order valence-electron chi connectivity index (χ0n) is 11.8. The third-order valence-corrected chi connectivity index (χ3v) is 5.50. The molecule has 1 spiro atoms. The number of thiazole rings is 1. The molecule has 0 atom stereocenters. The SMILES string of the molecule is CN1CCN(Cc2cnc(N)s2)C2(CCCCC2)C1. The van der Waals surface area contributed by atoms with Gasteiger partial charge in [-0.25, -0.2) is 4.98 Å². The van der Waals surface area contributed by atoms with Crippen LogP contribution in [0.3, 0.4) is 0 Å². The van der Waals surface area contributed by atoms with Crippen LogP contribution < -0.4 is 5.73 Å². The second-order valence-electron chi connectivity index (χ2n) is 6.11. The predicted molar refractivity (Wildman–Crippen MR) is 80.2 cm³/mol. The number of nitrogens with zero attached hydrogens (tertiary/aromatic N) is 3. The Bertz CT molecular complexity index is 425. The molecule has 1 saturated carbocycles. The number of hydrogen-bond acceptors (Lipinski definition) is 5. The molecule has 0 unspecified atom stereocenters. The highest BCUT2D eigenvalue weighted by Gasteiger charge is 2.41. The Morgan fingerprint density at radius 2 is 2.11 bits per heavy atom. The molecular weight excluding hydrogens is 256 g/mol. The Morgan fingerprint density at radius 3 is 2.79 bits per heavy atom. The Kier molecular flexibility index (Phi) is 3.78. The van der Waals surface area contributed by atoms with Crippen LogP contribution in [0.4, 0.5) is 5.13 Å². The van der Waals surface area contributed by atoms with Gasteiger partial charge in [-0.2, -0.15) is 0 Å². The summed E-state index contributed by atoms with van der Waals surface area (Å²) in [6.45, 7) is 4.61. The quantitative estimate of drug-likeness (QED) is 0.902. The van der Waals surface area contributed by atoms with E-state index in [0.717, 1.165) is 6.54 Å². The summed E-state index contributed by atoms with van der Waals surface area (Å²) in [4.78, 5) is 10.7. The van der Waals surface area contributed by atoms with Crippen LogP contribution >= 0.6 is 11.3 Å². The van der Waals surface area contributed by atoms with Gasteiger partial charge >= 0.3 is 0 Å². The molecule has 0 radical (unpaired) electrons. The first-order valence-electron chi connectivity index (χ1n) is 7.32. The van der Waals surface area contributed by atoms with Gasteiger partial charge in [0, 0.05) is 42.8 Å². The molecule has 106 valence electrons. The van der Waals surface area contributed by atoms with E-state index in [-0.39, 0.29) is 0 Å². The molecule has 0 aromatic carbocycles. The van der Waals surface area contributed by atoms with Crippen LogP contribution in [0, 0.1) is 0 Å². The topological polar surface area (TPSA) is 45.4 Å². The minimum absolute atomic E-state index is 0.407. The van der Waals surface area contributed by atoms with Crippen LogP contribution in [-0.4, -0.2) is 47.0 Å². The molecule has 2 N–H and O–H groups in total. The van der Waals surface area contributed by atoms with E-state index in [1.165, 1.54) is 56.6 Å². The highest BCUT2D eigenvalue weighted by Crippen LogP contribution is 2.37. The van der Waals surface area contributed by atoms with E-state index < -0.39 is 0 Å². The zero-order chi connectivity index (χ0) is 13.3. The first-order chi connectivity index (χ1) is 9.18. The highest BCUT2D eigenvalue weighted by molar-refractivity contribution is 7.15. The van der Waals surface area contributed by atoms with Crippen molar-refractivity contribution in [2.24, 2.45) is 0 Å². The molecule has 2 heterocycles. The summed E-state index contributed by atoms with van der Waals surface area (Å²) in [6.07, 6.45) is 8.84. The van der Waals surface area contributed by atoms with Crippen LogP contribution in [0.15, 0.2) is 6.20 Å². The average molecular weight is 280 g/mol. The summed E-state index contributed by atoms with van der Waals surface area (Å²) in [6, 6.07) is 0. The van der Waals surface area contributed by atoms with Crippen molar-refractivity contribution in [2.75, 3.05) is 32.4 Å². The van der Waals surface area contributed by atoms with Crippen molar-refractivity contribution >= 4 is 16.5 Å². The second-order valence-corrected chi connectivity index (χ2v) is 7.26. The lowest BCUT2D eigenvalue weighted by atomic mass is 9.78. The average Bonchev–Trinajstić information content (AvgIpc) is 2.80. The van der Waals surface area contributed by atoms with Gasteiger partial charge in [0.05, 0.1) is 0 Å². The highest BCUT2D eigenvalue weighted by atomic mass is 32.1. The number of piperazine rings is 1. The molecule has 2 aliphatic rings. The van der Waals surface area contributed by atoms with E-state index >= 15 is 0 Å². The Morgan fingerprint density at radius 1 is 1.32 bits per heavy atom. The fraction of sp³-hybridized carbons (Fsp3) is 0.786. The number of anilines is 1. The molecule has 1 aliphatic heterocycles. The van der Waals surface area contributed by atoms with Crippen molar-refractivity contribution in [3.63, 3.8) is 0 Å². The maximum absolute atomic E-state index is 5.76. The summed E-state index contributed by atoms with van der Waals surface area (Å²) in [7, 11) is 2.26. The summed E-state index contributed by atoms with van der Waals surface area (Å²) in [5.74, 6) is 0. The predicted octanol–water partition coefficient (Wildman–Crippen LogP) is 2.18. The van der Waals surface area contributed by atoms with Crippen LogP contribution in [0.5, 0.6) is 0 Å². The number of nitrogen functional groups attached to an aromatic ring is 1. The number of aromatic nitrogens is 1. The van der Waals surface area contributed by atoms with Crippen molar-refractivity contribution in [3.05, 3.63) is 11.1 Å². The maximum atomic E-state index is 5.76. The molecular formula is C14H24N4S. The van der Waals surface area contributed by atoms with Gasteiger partial charge in [0.15, 0.2) is 5.13 Å². The van der Waals surface area contributed by atoms with Crippen molar-refractivity contribution < 1.29 is 0 Å². The largest absolute Gasteiger partial charge is 0.375 e. The van der Waals surface area contributed by atoms with Crippen LogP contribution in [0.2, 0.25) is 0 Å². The molecule has 5 heteroatoms. The summed E-state index contributed by atoms with van der Waals surface area (Å²) < 4.78 is 0. The lowest BCUT2D eigenvalue weighted by Gasteiger charge is -2.52. The Hall–Kier alpha value is -0.650. The molecule has 0 bridgehead atoms. The fourth-order valence-corrected chi connectivity index (χ4v) is 4.42. The minimum Gasteiger partial charge on any atom is -0.375 e. The zero-order valence-corrected chi connectivity index (χ0v) is 12.6. The van der Waals surface area contributed by atoms with Gasteiger partial charge < -0.3 is 10.6 Å². The van der Waals surface area contributed by atoms with E-state index in [1.54, 1.807) is 11.3 Å². The molecule has 1 aromatic heterocycles. The van der Waals surface area contributed by atoms with Crippen LogP contribution in [0.25, 0.3) is 0 Å². The van der Waals surface area contributed by atoms with E-state index in [1.807, 2.05) is 6.20 Å². The van der Waals surface area contributed by atoms with Crippen molar-refractivity contribution in [3.8, 4) is 0 Å². The van der Waals surface area contributed by atoms with Crippen molar-refractivity contribution in [1.82, 2.24) is 14.8 Å². The molecule has 2 fully saturated rings. The minimum atomic E-state index is 0.407. The van der Waals surface area contributed by atoms with Gasteiger partial charge in [-0.1, -0.05) is 19.3 Å². The van der Waals surface area contributed by atoms with Crippen molar-refractivity contribution in [2.45, 2.75) is 44.2 Å². The van der Waals surface area contributed by atoms with Gasteiger partial charge in [0.1, 0.15) is 0 Å². The van der Waals surface area contributed by atoms with Crippen molar-refractivity contribution in [1.29, 1.82) is 0 Å². The smallest absolute Gasteiger partial charge is 0.180 e. The lowest BCUT2D eigenvalue weighted by Crippen LogP contribution is -2.61. The van der Waals surface area contributed by atoms with Gasteiger partial charge in [0.2, 0.25) is 0 Å². The molecule has 1 saturated heterocycles. The molecule has 0 amide bonds. The Labute approximate surface area is 119 Å². The fourth-order valence-electron chi connectivity index (χ4n) is 3.72. The number of likely N-dealkylation sites (N-methyl/N-ethyl adjacent to an activating group) is 1. The summed E-state index contributed by atoms with van der Waals surface area (Å²) >= 11 is 1.64. The van der Waals surface area contributed by atoms with Crippen LogP contribution in [-0.2, 0) is 6.54 Å². The van der Waals surface area contributed by atoms with E-state index in [4.69, 9.17) is 5.73 Å². The summed E-state index contributed by atoms with van der Waals surface area (Å²) in [5, 5.41) is 0.696. The summed E-state index contributed by atoms with van der Waals surface area (Å²) in [5.41, 5.74) is 6.16. The molecule has 1 aromatic rings. The standard InChI is InChI=1S/C14H24N4S/c1-17-7-8-18(10-12-9-16-13(15)19-12)14(11-17)5-3-2-4-6-14/h9H,2-8,10-11H2,1H3,(H2,15,16). The first kappa shape index (κ1) is 13.3.